The summed E-state index contributed by atoms with van der Waals surface area (Å²) in [6.07, 6.45) is 4.46. The van der Waals surface area contributed by atoms with Crippen LogP contribution in [0.2, 0.25) is 5.02 Å². The van der Waals surface area contributed by atoms with Crippen LogP contribution in [0.15, 0.2) is 83.8 Å². The highest BCUT2D eigenvalue weighted by Crippen LogP contribution is 2.31. The van der Waals surface area contributed by atoms with Gasteiger partial charge in [-0.1, -0.05) is 71.8 Å². The number of amides is 1. The molecular weight excluding hydrogens is 492 g/mol. The molecule has 0 atom stereocenters. The summed E-state index contributed by atoms with van der Waals surface area (Å²) in [7, 11) is -3.69. The Balaban J connectivity index is 1.44. The molecule has 190 valence electrons. The van der Waals surface area contributed by atoms with Crippen LogP contribution in [0.3, 0.4) is 0 Å². The van der Waals surface area contributed by atoms with Gasteiger partial charge in [0.15, 0.2) is 0 Å². The van der Waals surface area contributed by atoms with Crippen LogP contribution in [0, 0.1) is 12.8 Å². The molecule has 3 aromatic carbocycles. The molecule has 4 rings (SSSR count). The monoisotopic (exact) mass is 524 g/mol. The third kappa shape index (κ3) is 6.75. The van der Waals surface area contributed by atoms with Gasteiger partial charge in [0.1, 0.15) is 0 Å². The van der Waals surface area contributed by atoms with E-state index in [0.717, 1.165) is 43.2 Å². The largest absolute Gasteiger partial charge is 0.338 e. The maximum absolute atomic E-state index is 13.6. The molecule has 36 heavy (non-hydrogen) atoms. The SMILES string of the molecule is Cc1ccc(CN(C=O)C2CCC(CN(Cc3ccccc3)S(=O)(=O)c3ccc(Cl)cc3)CC2)cc1. The fourth-order valence-electron chi connectivity index (χ4n) is 4.89. The van der Waals surface area contributed by atoms with E-state index in [1.54, 1.807) is 28.6 Å². The molecule has 0 saturated heterocycles. The van der Waals surface area contributed by atoms with Crippen LogP contribution in [0.1, 0.15) is 42.4 Å². The van der Waals surface area contributed by atoms with Crippen molar-refractivity contribution >= 4 is 28.0 Å². The molecule has 5 nitrogen and oxygen atoms in total. The summed E-state index contributed by atoms with van der Waals surface area (Å²) in [5.41, 5.74) is 3.28. The average Bonchev–Trinajstić information content (AvgIpc) is 2.89. The van der Waals surface area contributed by atoms with Crippen LogP contribution in [0.4, 0.5) is 0 Å². The Morgan fingerprint density at radius 2 is 1.44 bits per heavy atom. The summed E-state index contributed by atoms with van der Waals surface area (Å²) in [6, 6.07) is 24.5. The van der Waals surface area contributed by atoms with E-state index in [0.29, 0.717) is 24.7 Å². The molecule has 0 aromatic heterocycles. The van der Waals surface area contributed by atoms with Gasteiger partial charge in [-0.2, -0.15) is 4.31 Å². The van der Waals surface area contributed by atoms with E-state index in [1.165, 1.54) is 5.56 Å². The fraction of sp³-hybridized carbons (Fsp3) is 0.345. The third-order valence-electron chi connectivity index (χ3n) is 7.02. The van der Waals surface area contributed by atoms with Crippen molar-refractivity contribution in [1.82, 2.24) is 9.21 Å². The van der Waals surface area contributed by atoms with E-state index < -0.39 is 10.0 Å². The lowest BCUT2D eigenvalue weighted by Crippen LogP contribution is -2.40. The van der Waals surface area contributed by atoms with Gasteiger partial charge in [0, 0.05) is 30.7 Å². The number of nitrogens with zero attached hydrogens (tertiary/aromatic N) is 2. The van der Waals surface area contributed by atoms with E-state index in [1.807, 2.05) is 35.2 Å². The Morgan fingerprint density at radius 1 is 0.833 bits per heavy atom. The van der Waals surface area contributed by atoms with Crippen molar-refractivity contribution in [2.24, 2.45) is 5.92 Å². The van der Waals surface area contributed by atoms with Crippen molar-refractivity contribution < 1.29 is 13.2 Å². The lowest BCUT2D eigenvalue weighted by Gasteiger charge is -2.36. The second-order valence-electron chi connectivity index (χ2n) is 9.67. The van der Waals surface area contributed by atoms with Crippen molar-refractivity contribution in [3.63, 3.8) is 0 Å². The molecule has 1 aliphatic rings. The topological polar surface area (TPSA) is 57.7 Å². The number of aryl methyl sites for hydroxylation is 1. The van der Waals surface area contributed by atoms with Crippen molar-refractivity contribution in [1.29, 1.82) is 0 Å². The van der Waals surface area contributed by atoms with Crippen LogP contribution in [-0.2, 0) is 27.9 Å². The number of carbonyl (C=O) groups excluding carboxylic acids is 1. The first kappa shape index (κ1) is 26.4. The molecule has 0 radical (unpaired) electrons. The second-order valence-corrected chi connectivity index (χ2v) is 12.0. The predicted octanol–water partition coefficient (Wildman–Crippen LogP) is 6.06. The molecule has 0 spiro atoms. The molecule has 0 aliphatic heterocycles. The van der Waals surface area contributed by atoms with Crippen LogP contribution in [0.5, 0.6) is 0 Å². The minimum absolute atomic E-state index is 0.176. The normalized spacial score (nSPS) is 18.2. The number of benzene rings is 3. The Bertz CT molecular complexity index is 1220. The quantitative estimate of drug-likeness (QED) is 0.303. The van der Waals surface area contributed by atoms with E-state index in [-0.39, 0.29) is 16.9 Å². The Labute approximate surface area is 219 Å². The number of carbonyl (C=O) groups is 1. The van der Waals surface area contributed by atoms with Crippen LogP contribution in [-0.4, -0.2) is 36.6 Å². The van der Waals surface area contributed by atoms with Gasteiger partial charge in [0.2, 0.25) is 16.4 Å². The molecule has 1 aliphatic carbocycles. The molecule has 1 fully saturated rings. The molecule has 1 amide bonds. The predicted molar refractivity (Wildman–Crippen MR) is 144 cm³/mol. The van der Waals surface area contributed by atoms with Crippen molar-refractivity contribution in [2.75, 3.05) is 6.54 Å². The highest BCUT2D eigenvalue weighted by molar-refractivity contribution is 7.89. The first-order valence-electron chi connectivity index (χ1n) is 12.4. The highest BCUT2D eigenvalue weighted by Gasteiger charge is 2.31. The maximum atomic E-state index is 13.6. The third-order valence-corrected chi connectivity index (χ3v) is 9.10. The molecular formula is C29H33ClN2O3S. The summed E-state index contributed by atoms with van der Waals surface area (Å²) in [5.74, 6) is 0.236. The standard InChI is InChI=1S/C29H33ClN2O3S/c1-23-7-9-25(10-8-23)19-31(22-33)28-15-11-26(12-16-28)21-32(20-24-5-3-2-4-6-24)36(34,35)29-17-13-27(30)14-18-29/h2-10,13-14,17-18,22,26,28H,11-12,15-16,19-21H2,1H3. The van der Waals surface area contributed by atoms with Gasteiger partial charge in [0.05, 0.1) is 4.90 Å². The zero-order valence-electron chi connectivity index (χ0n) is 20.6. The number of hydrogen-bond donors (Lipinski definition) is 0. The molecule has 0 heterocycles. The van der Waals surface area contributed by atoms with Gasteiger partial charge in [-0.15, -0.1) is 0 Å². The first-order valence-corrected chi connectivity index (χ1v) is 14.2. The van der Waals surface area contributed by atoms with Crippen molar-refractivity contribution in [3.8, 4) is 0 Å². The summed E-state index contributed by atoms with van der Waals surface area (Å²) in [6.45, 7) is 3.42. The van der Waals surface area contributed by atoms with Gasteiger partial charge in [-0.3, -0.25) is 4.79 Å². The average molecular weight is 525 g/mol. The van der Waals surface area contributed by atoms with Gasteiger partial charge >= 0.3 is 0 Å². The molecule has 0 bridgehead atoms. The van der Waals surface area contributed by atoms with E-state index in [4.69, 9.17) is 11.6 Å². The van der Waals surface area contributed by atoms with Gasteiger partial charge in [0.25, 0.3) is 0 Å². The Hall–Kier alpha value is -2.67. The van der Waals surface area contributed by atoms with Gasteiger partial charge < -0.3 is 4.90 Å². The number of hydrogen-bond acceptors (Lipinski definition) is 3. The molecule has 3 aromatic rings. The summed E-state index contributed by atoms with van der Waals surface area (Å²) in [4.78, 5) is 14.0. The van der Waals surface area contributed by atoms with Crippen LogP contribution < -0.4 is 0 Å². The zero-order valence-corrected chi connectivity index (χ0v) is 22.2. The van der Waals surface area contributed by atoms with Gasteiger partial charge in [-0.05, 0) is 73.9 Å². The summed E-state index contributed by atoms with van der Waals surface area (Å²) >= 11 is 6.00. The molecule has 1 saturated carbocycles. The Kier molecular flexibility index (Phi) is 8.83. The number of sulfonamides is 1. The summed E-state index contributed by atoms with van der Waals surface area (Å²) in [5, 5.41) is 0.507. The minimum Gasteiger partial charge on any atom is -0.338 e. The van der Waals surface area contributed by atoms with E-state index in [2.05, 4.69) is 31.2 Å². The number of halogens is 1. The maximum Gasteiger partial charge on any atom is 0.243 e. The molecule has 0 unspecified atom stereocenters. The lowest BCUT2D eigenvalue weighted by molar-refractivity contribution is -0.121. The smallest absolute Gasteiger partial charge is 0.243 e. The van der Waals surface area contributed by atoms with Gasteiger partial charge in [-0.25, -0.2) is 8.42 Å². The minimum atomic E-state index is -3.69. The Morgan fingerprint density at radius 3 is 2.06 bits per heavy atom. The fourth-order valence-corrected chi connectivity index (χ4v) is 6.52. The van der Waals surface area contributed by atoms with Crippen molar-refractivity contribution in [3.05, 3.63) is 101 Å². The highest BCUT2D eigenvalue weighted by atomic mass is 35.5. The number of rotatable bonds is 10. The van der Waals surface area contributed by atoms with E-state index >= 15 is 0 Å². The van der Waals surface area contributed by atoms with E-state index in [9.17, 15) is 13.2 Å². The lowest BCUT2D eigenvalue weighted by atomic mass is 9.85. The van der Waals surface area contributed by atoms with Crippen LogP contribution >= 0.6 is 11.6 Å². The zero-order chi connectivity index (χ0) is 25.5. The van der Waals surface area contributed by atoms with Crippen LogP contribution in [0.25, 0.3) is 0 Å². The molecule has 0 N–H and O–H groups in total. The first-order chi connectivity index (χ1) is 17.3. The second kappa shape index (κ2) is 12.0. The van der Waals surface area contributed by atoms with Crippen molar-refractivity contribution in [2.45, 2.75) is 56.6 Å². The summed E-state index contributed by atoms with van der Waals surface area (Å²) < 4.78 is 28.8. The molecule has 7 heteroatoms.